The minimum absolute atomic E-state index is 0. The number of rotatable bonds is 6. The number of guanidine groups is 1. The average Bonchev–Trinajstić information content (AvgIpc) is 3.32. The number of nitro benzene ring substituents is 1. The molecule has 2 heterocycles. The maximum Gasteiger partial charge on any atom is 0.270 e. The second-order valence-corrected chi connectivity index (χ2v) is 8.87. The number of likely N-dealkylation sites (tertiary alicyclic amines) is 1. The number of nitrogens with one attached hydrogen (secondary N) is 2. The Bertz CT molecular complexity index is 858. The third-order valence-electron chi connectivity index (χ3n) is 5.17. The summed E-state index contributed by atoms with van der Waals surface area (Å²) in [4.78, 5) is 16.5. The van der Waals surface area contributed by atoms with Crippen LogP contribution in [-0.4, -0.2) is 70.6 Å². The molecule has 1 spiro atoms. The summed E-state index contributed by atoms with van der Waals surface area (Å²) in [5.74, 6) is 0.735. The van der Waals surface area contributed by atoms with E-state index in [0.29, 0.717) is 6.54 Å². The van der Waals surface area contributed by atoms with Crippen LogP contribution in [0.15, 0.2) is 34.2 Å². The summed E-state index contributed by atoms with van der Waals surface area (Å²) in [6.07, 6.45) is 2.12. The van der Waals surface area contributed by atoms with Crippen molar-refractivity contribution in [3.8, 4) is 0 Å². The Balaban J connectivity index is 0.00000300. The van der Waals surface area contributed by atoms with Crippen LogP contribution in [-0.2, 0) is 14.8 Å². The first kappa shape index (κ1) is 23.8. The van der Waals surface area contributed by atoms with E-state index >= 15 is 0 Å². The van der Waals surface area contributed by atoms with Crippen molar-refractivity contribution in [3.05, 3.63) is 34.4 Å². The van der Waals surface area contributed by atoms with Crippen LogP contribution >= 0.6 is 24.0 Å². The second-order valence-electron chi connectivity index (χ2n) is 7.10. The van der Waals surface area contributed by atoms with Gasteiger partial charge in [-0.15, -0.1) is 24.0 Å². The van der Waals surface area contributed by atoms with E-state index in [-0.39, 0.29) is 46.5 Å². The smallest absolute Gasteiger partial charge is 0.270 e. The predicted molar refractivity (Wildman–Crippen MR) is 119 cm³/mol. The number of benzene rings is 1. The van der Waals surface area contributed by atoms with Crippen LogP contribution < -0.4 is 10.0 Å². The van der Waals surface area contributed by atoms with Gasteiger partial charge in [-0.05, 0) is 18.9 Å². The van der Waals surface area contributed by atoms with E-state index in [4.69, 9.17) is 4.74 Å². The molecule has 3 rings (SSSR count). The van der Waals surface area contributed by atoms with Gasteiger partial charge in [0.05, 0.1) is 16.4 Å². The molecule has 1 atom stereocenters. The number of nitrogens with zero attached hydrogens (tertiary/aromatic N) is 3. The fourth-order valence-corrected chi connectivity index (χ4v) is 4.70. The van der Waals surface area contributed by atoms with Crippen LogP contribution in [0, 0.1) is 15.5 Å². The van der Waals surface area contributed by atoms with Crippen molar-refractivity contribution < 1.29 is 18.1 Å². The Labute approximate surface area is 187 Å². The second kappa shape index (κ2) is 10.00. The first-order valence-corrected chi connectivity index (χ1v) is 10.6. The topological polar surface area (TPSA) is 126 Å². The van der Waals surface area contributed by atoms with Gasteiger partial charge in [0.1, 0.15) is 0 Å². The third kappa shape index (κ3) is 5.77. The molecular weight excluding hydrogens is 513 g/mol. The summed E-state index contributed by atoms with van der Waals surface area (Å²) >= 11 is 0. The molecule has 2 aliphatic heterocycles. The van der Waals surface area contributed by atoms with Crippen LogP contribution in [0.2, 0.25) is 0 Å². The van der Waals surface area contributed by atoms with Crippen molar-refractivity contribution in [1.82, 2.24) is 14.9 Å². The summed E-state index contributed by atoms with van der Waals surface area (Å²) < 4.78 is 32.7. The molecule has 29 heavy (non-hydrogen) atoms. The maximum atomic E-state index is 12.3. The standard InChI is InChI=1S/C17H25N5O5S.HI/c1-18-16(21-9-5-17(12-21)6-10-27-13-17)19-7-8-20-28(25,26)15-4-2-3-14(11-15)22(23)24;/h2-4,11,20H,5-10,12-13H2,1H3,(H,18,19);1H. The van der Waals surface area contributed by atoms with E-state index in [1.165, 1.54) is 18.2 Å². The number of sulfonamides is 1. The molecule has 1 unspecified atom stereocenters. The van der Waals surface area contributed by atoms with Crippen LogP contribution in [0.3, 0.4) is 0 Å². The van der Waals surface area contributed by atoms with E-state index < -0.39 is 14.9 Å². The summed E-state index contributed by atoms with van der Waals surface area (Å²) in [5.41, 5.74) is -0.0541. The van der Waals surface area contributed by atoms with E-state index in [9.17, 15) is 18.5 Å². The van der Waals surface area contributed by atoms with Crippen LogP contribution in [0.4, 0.5) is 5.69 Å². The number of hydrogen-bond acceptors (Lipinski definition) is 6. The number of ether oxygens (including phenoxy) is 1. The molecule has 2 fully saturated rings. The number of nitro groups is 1. The van der Waals surface area contributed by atoms with Gasteiger partial charge in [-0.25, -0.2) is 13.1 Å². The third-order valence-corrected chi connectivity index (χ3v) is 6.63. The molecular formula is C17H26IN5O5S. The van der Waals surface area contributed by atoms with Gasteiger partial charge in [0.15, 0.2) is 5.96 Å². The van der Waals surface area contributed by atoms with Gasteiger partial charge in [0.2, 0.25) is 10.0 Å². The maximum absolute atomic E-state index is 12.3. The fraction of sp³-hybridized carbons (Fsp3) is 0.588. The van der Waals surface area contributed by atoms with Crippen molar-refractivity contribution in [1.29, 1.82) is 0 Å². The molecule has 2 N–H and O–H groups in total. The molecule has 10 nitrogen and oxygen atoms in total. The van der Waals surface area contributed by atoms with E-state index in [1.54, 1.807) is 7.05 Å². The fourth-order valence-electron chi connectivity index (χ4n) is 3.63. The van der Waals surface area contributed by atoms with Gasteiger partial charge in [0.25, 0.3) is 5.69 Å². The van der Waals surface area contributed by atoms with Gasteiger partial charge in [-0.2, -0.15) is 0 Å². The number of halogens is 1. The van der Waals surface area contributed by atoms with E-state index in [1.807, 2.05) is 0 Å². The van der Waals surface area contributed by atoms with Gasteiger partial charge >= 0.3 is 0 Å². The zero-order valence-electron chi connectivity index (χ0n) is 16.2. The van der Waals surface area contributed by atoms with Crippen molar-refractivity contribution in [2.24, 2.45) is 10.4 Å². The highest BCUT2D eigenvalue weighted by molar-refractivity contribution is 14.0. The molecule has 162 valence electrons. The van der Waals surface area contributed by atoms with Crippen LogP contribution in [0.25, 0.3) is 0 Å². The van der Waals surface area contributed by atoms with Crippen molar-refractivity contribution >= 4 is 45.6 Å². The molecule has 0 amide bonds. The molecule has 1 aromatic rings. The lowest BCUT2D eigenvalue weighted by atomic mass is 9.87. The lowest BCUT2D eigenvalue weighted by Crippen LogP contribution is -2.44. The SMILES string of the molecule is CN=C(NCCNS(=O)(=O)c1cccc([N+](=O)[O-])c1)N1CCC2(CCOC2)C1.I. The summed E-state index contributed by atoms with van der Waals surface area (Å²) in [6, 6.07) is 4.97. The van der Waals surface area contributed by atoms with Gasteiger partial charge in [-0.3, -0.25) is 15.1 Å². The first-order chi connectivity index (χ1) is 13.4. The van der Waals surface area contributed by atoms with Gasteiger partial charge in [-0.1, -0.05) is 6.07 Å². The molecule has 0 aromatic heterocycles. The Hall–Kier alpha value is -1.51. The summed E-state index contributed by atoms with van der Waals surface area (Å²) in [5, 5.41) is 14.0. The van der Waals surface area contributed by atoms with E-state index in [2.05, 4.69) is 19.9 Å². The van der Waals surface area contributed by atoms with Crippen molar-refractivity contribution in [3.63, 3.8) is 0 Å². The Morgan fingerprint density at radius 2 is 2.17 bits per heavy atom. The Morgan fingerprint density at radius 3 is 2.83 bits per heavy atom. The molecule has 2 aliphatic rings. The molecule has 0 aliphatic carbocycles. The van der Waals surface area contributed by atoms with Crippen LogP contribution in [0.5, 0.6) is 0 Å². The normalized spacial score (nSPS) is 22.0. The number of aliphatic imine (C=N–C) groups is 1. The number of non-ortho nitro benzene ring substituents is 1. The zero-order chi connectivity index (χ0) is 20.2. The summed E-state index contributed by atoms with van der Waals surface area (Å²) in [7, 11) is -2.12. The molecule has 1 aromatic carbocycles. The van der Waals surface area contributed by atoms with Crippen molar-refractivity contribution in [2.45, 2.75) is 17.7 Å². The van der Waals surface area contributed by atoms with Gasteiger partial charge in [0, 0.05) is 57.4 Å². The van der Waals surface area contributed by atoms with Gasteiger partial charge < -0.3 is 15.0 Å². The van der Waals surface area contributed by atoms with E-state index in [0.717, 1.165) is 51.2 Å². The Kier molecular flexibility index (Phi) is 8.19. The lowest BCUT2D eigenvalue weighted by molar-refractivity contribution is -0.385. The highest BCUT2D eigenvalue weighted by Gasteiger charge is 2.42. The van der Waals surface area contributed by atoms with Crippen LogP contribution in [0.1, 0.15) is 12.8 Å². The largest absolute Gasteiger partial charge is 0.381 e. The first-order valence-electron chi connectivity index (χ1n) is 9.13. The monoisotopic (exact) mass is 539 g/mol. The molecule has 0 radical (unpaired) electrons. The minimum Gasteiger partial charge on any atom is -0.381 e. The molecule has 2 saturated heterocycles. The number of hydrogen-bond donors (Lipinski definition) is 2. The summed E-state index contributed by atoms with van der Waals surface area (Å²) in [6.45, 7) is 3.84. The predicted octanol–water partition coefficient (Wildman–Crippen LogP) is 1.18. The molecule has 0 saturated carbocycles. The molecule has 0 bridgehead atoms. The molecule has 12 heteroatoms. The zero-order valence-corrected chi connectivity index (χ0v) is 19.3. The average molecular weight is 539 g/mol. The quantitative estimate of drug-likeness (QED) is 0.139. The van der Waals surface area contributed by atoms with Crippen molar-refractivity contribution in [2.75, 3.05) is 46.4 Å². The Morgan fingerprint density at radius 1 is 1.38 bits per heavy atom. The highest BCUT2D eigenvalue weighted by Crippen LogP contribution is 2.38. The highest BCUT2D eigenvalue weighted by atomic mass is 127. The minimum atomic E-state index is -3.82. The lowest BCUT2D eigenvalue weighted by Gasteiger charge is -2.25.